The summed E-state index contributed by atoms with van der Waals surface area (Å²) in [5.41, 5.74) is 5.09. The van der Waals surface area contributed by atoms with Crippen LogP contribution in [0.15, 0.2) is 0 Å². The van der Waals surface area contributed by atoms with Gasteiger partial charge < -0.3 is 10.8 Å². The van der Waals surface area contributed by atoms with Crippen molar-refractivity contribution in [3.63, 3.8) is 0 Å². The molecule has 0 radical (unpaired) electrons. The third-order valence-electron chi connectivity index (χ3n) is 1.54. The van der Waals surface area contributed by atoms with Crippen molar-refractivity contribution in [2.45, 2.75) is 37.9 Å². The van der Waals surface area contributed by atoms with Crippen LogP contribution >= 0.6 is 0 Å². The molecule has 0 spiro atoms. The van der Waals surface area contributed by atoms with Crippen LogP contribution in [0.25, 0.3) is 0 Å². The minimum atomic E-state index is -4.16. The summed E-state index contributed by atoms with van der Waals surface area (Å²) in [6, 6.07) is -1.05. The van der Waals surface area contributed by atoms with Gasteiger partial charge in [-0.1, -0.05) is 6.42 Å². The van der Waals surface area contributed by atoms with Gasteiger partial charge in [0, 0.05) is 6.42 Å². The molecule has 0 saturated heterocycles. The maximum absolute atomic E-state index is 11.6. The van der Waals surface area contributed by atoms with E-state index in [0.29, 0.717) is 0 Å². The van der Waals surface area contributed by atoms with E-state index in [9.17, 15) is 18.0 Å². The highest BCUT2D eigenvalue weighted by Crippen LogP contribution is 2.22. The molecule has 0 heterocycles. The van der Waals surface area contributed by atoms with Crippen molar-refractivity contribution >= 4 is 5.97 Å². The van der Waals surface area contributed by atoms with Gasteiger partial charge in [0.15, 0.2) is 0 Å². The quantitative estimate of drug-likeness (QED) is 0.660. The van der Waals surface area contributed by atoms with Gasteiger partial charge in [0.25, 0.3) is 0 Å². The molecule has 0 fully saturated rings. The normalized spacial score (nSPS) is 14.2. The average Bonchev–Trinajstić information content (AvgIpc) is 1.95. The van der Waals surface area contributed by atoms with Crippen LogP contribution in [-0.4, -0.2) is 23.3 Å². The van der Waals surface area contributed by atoms with Gasteiger partial charge in [-0.3, -0.25) is 4.79 Å². The van der Waals surface area contributed by atoms with Crippen LogP contribution in [-0.2, 0) is 4.79 Å². The molecule has 13 heavy (non-hydrogen) atoms. The summed E-state index contributed by atoms with van der Waals surface area (Å²) in [7, 11) is 0. The second-order valence-electron chi connectivity index (χ2n) is 2.81. The number of carboxylic acid groups (broad SMARTS) is 1. The van der Waals surface area contributed by atoms with Gasteiger partial charge in [0.2, 0.25) is 0 Å². The second kappa shape index (κ2) is 5.06. The Hall–Kier alpha value is -0.780. The molecule has 0 aliphatic heterocycles. The lowest BCUT2D eigenvalue weighted by Gasteiger charge is -2.07. The van der Waals surface area contributed by atoms with Gasteiger partial charge in [0.05, 0.1) is 0 Å². The molecule has 0 aromatic carbocycles. The summed E-state index contributed by atoms with van der Waals surface area (Å²) in [6.45, 7) is 0. The van der Waals surface area contributed by atoms with E-state index in [4.69, 9.17) is 10.8 Å². The van der Waals surface area contributed by atoms with Gasteiger partial charge in [-0.05, 0) is 12.8 Å². The molecule has 3 nitrogen and oxygen atoms in total. The predicted molar refractivity (Wildman–Crippen MR) is 40.1 cm³/mol. The Morgan fingerprint density at radius 3 is 2.31 bits per heavy atom. The number of hydrogen-bond donors (Lipinski definition) is 2. The molecule has 78 valence electrons. The second-order valence-corrected chi connectivity index (χ2v) is 2.81. The van der Waals surface area contributed by atoms with Gasteiger partial charge >= 0.3 is 12.1 Å². The number of alkyl halides is 3. The average molecular weight is 199 g/mol. The number of rotatable bonds is 5. The standard InChI is InChI=1S/C7H12F3NO2/c8-7(9,10)4-2-1-3-5(11)6(12)13/h5H,1-4,11H2,(H,12,13). The first-order valence-corrected chi connectivity index (χ1v) is 3.88. The minimum absolute atomic E-state index is 0.0650. The maximum Gasteiger partial charge on any atom is 0.389 e. The molecule has 0 saturated carbocycles. The van der Waals surface area contributed by atoms with Gasteiger partial charge in [-0.2, -0.15) is 13.2 Å². The van der Waals surface area contributed by atoms with E-state index in [2.05, 4.69) is 0 Å². The highest BCUT2D eigenvalue weighted by atomic mass is 19.4. The van der Waals surface area contributed by atoms with Crippen molar-refractivity contribution in [1.29, 1.82) is 0 Å². The summed E-state index contributed by atoms with van der Waals surface area (Å²) in [5, 5.41) is 8.29. The van der Waals surface area contributed by atoms with Crippen molar-refractivity contribution in [3.8, 4) is 0 Å². The molecule has 0 rings (SSSR count). The minimum Gasteiger partial charge on any atom is -0.480 e. The largest absolute Gasteiger partial charge is 0.480 e. The van der Waals surface area contributed by atoms with E-state index < -0.39 is 24.6 Å². The van der Waals surface area contributed by atoms with E-state index in [0.717, 1.165) is 0 Å². The van der Waals surface area contributed by atoms with Crippen LogP contribution in [0, 0.1) is 0 Å². The van der Waals surface area contributed by atoms with E-state index >= 15 is 0 Å². The zero-order valence-electron chi connectivity index (χ0n) is 6.97. The molecular formula is C7H12F3NO2. The van der Waals surface area contributed by atoms with E-state index in [-0.39, 0.29) is 19.3 Å². The molecule has 0 aliphatic rings. The zero-order valence-corrected chi connectivity index (χ0v) is 6.97. The third-order valence-corrected chi connectivity index (χ3v) is 1.54. The number of aliphatic carboxylic acids is 1. The Morgan fingerprint density at radius 1 is 1.38 bits per heavy atom. The van der Waals surface area contributed by atoms with Gasteiger partial charge in [-0.25, -0.2) is 0 Å². The Balaban J connectivity index is 3.41. The molecule has 1 unspecified atom stereocenters. The summed E-state index contributed by atoms with van der Waals surface area (Å²) in [5.74, 6) is -1.17. The van der Waals surface area contributed by atoms with E-state index in [1.165, 1.54) is 0 Å². The van der Waals surface area contributed by atoms with Crippen molar-refractivity contribution in [2.24, 2.45) is 5.73 Å². The van der Waals surface area contributed by atoms with Crippen LogP contribution in [0.5, 0.6) is 0 Å². The van der Waals surface area contributed by atoms with Crippen LogP contribution in [0.1, 0.15) is 25.7 Å². The molecule has 0 aliphatic carbocycles. The monoisotopic (exact) mass is 199 g/mol. The fourth-order valence-electron chi connectivity index (χ4n) is 0.813. The summed E-state index contributed by atoms with van der Waals surface area (Å²) < 4.78 is 34.8. The Kier molecular flexibility index (Phi) is 4.76. The topological polar surface area (TPSA) is 63.3 Å². The first kappa shape index (κ1) is 12.2. The highest BCUT2D eigenvalue weighted by molar-refractivity contribution is 5.72. The Bertz CT molecular complexity index is 170. The molecule has 0 aromatic rings. The number of carboxylic acids is 1. The van der Waals surface area contributed by atoms with E-state index in [1.54, 1.807) is 0 Å². The molecule has 0 aromatic heterocycles. The SMILES string of the molecule is NC(CCCCC(F)(F)F)C(=O)O. The van der Waals surface area contributed by atoms with Crippen molar-refractivity contribution in [1.82, 2.24) is 0 Å². The lowest BCUT2D eigenvalue weighted by atomic mass is 10.1. The van der Waals surface area contributed by atoms with Crippen molar-refractivity contribution in [3.05, 3.63) is 0 Å². The molecule has 1 atom stereocenters. The number of hydrogen-bond acceptors (Lipinski definition) is 2. The first-order chi connectivity index (χ1) is 5.83. The number of unbranched alkanes of at least 4 members (excludes halogenated alkanes) is 1. The molecule has 0 amide bonds. The lowest BCUT2D eigenvalue weighted by Crippen LogP contribution is -2.29. The summed E-state index contributed by atoms with van der Waals surface area (Å²) >= 11 is 0. The van der Waals surface area contributed by atoms with Crippen molar-refractivity contribution < 1.29 is 23.1 Å². The fourth-order valence-corrected chi connectivity index (χ4v) is 0.813. The van der Waals surface area contributed by atoms with Crippen molar-refractivity contribution in [2.75, 3.05) is 0 Å². The van der Waals surface area contributed by atoms with Crippen LogP contribution in [0.3, 0.4) is 0 Å². The summed E-state index contributed by atoms with van der Waals surface area (Å²) in [4.78, 5) is 10.1. The van der Waals surface area contributed by atoms with Gasteiger partial charge in [-0.15, -0.1) is 0 Å². The molecule has 6 heteroatoms. The van der Waals surface area contributed by atoms with E-state index in [1.807, 2.05) is 0 Å². The predicted octanol–water partition coefficient (Wildman–Crippen LogP) is 1.52. The number of halogens is 3. The van der Waals surface area contributed by atoms with Crippen LogP contribution < -0.4 is 5.73 Å². The first-order valence-electron chi connectivity index (χ1n) is 3.88. The Labute approximate surface area is 73.7 Å². The molecule has 0 bridgehead atoms. The third kappa shape index (κ3) is 7.58. The number of carbonyl (C=O) groups is 1. The maximum atomic E-state index is 11.6. The molecular weight excluding hydrogens is 187 g/mol. The molecule has 3 N–H and O–H groups in total. The number of nitrogens with two attached hydrogens (primary N) is 1. The zero-order chi connectivity index (χ0) is 10.5. The van der Waals surface area contributed by atoms with Gasteiger partial charge in [0.1, 0.15) is 6.04 Å². The van der Waals surface area contributed by atoms with Crippen LogP contribution in [0.2, 0.25) is 0 Å². The lowest BCUT2D eigenvalue weighted by molar-refractivity contribution is -0.138. The smallest absolute Gasteiger partial charge is 0.389 e. The Morgan fingerprint density at radius 2 is 1.92 bits per heavy atom. The fraction of sp³-hybridized carbons (Fsp3) is 0.857. The van der Waals surface area contributed by atoms with Crippen LogP contribution in [0.4, 0.5) is 13.2 Å². The summed E-state index contributed by atoms with van der Waals surface area (Å²) in [6.07, 6.45) is -4.82. The highest BCUT2D eigenvalue weighted by Gasteiger charge is 2.26.